The molecular weight excluding hydrogens is 293 g/mol. The van der Waals surface area contributed by atoms with Crippen LogP contribution in [-0.4, -0.2) is 23.5 Å². The number of alkyl halides is 3. The molecule has 1 aromatic carbocycles. The van der Waals surface area contributed by atoms with Gasteiger partial charge < -0.3 is 9.84 Å². The molecule has 1 heterocycles. The normalized spacial score (nSPS) is 17.3. The van der Waals surface area contributed by atoms with Gasteiger partial charge in [-0.3, -0.25) is 0 Å². The molecule has 120 valence electrons. The van der Waals surface area contributed by atoms with Crippen LogP contribution >= 0.6 is 0 Å². The van der Waals surface area contributed by atoms with E-state index in [2.05, 4.69) is 0 Å². The highest BCUT2D eigenvalue weighted by Crippen LogP contribution is 2.46. The Morgan fingerprint density at radius 1 is 1.32 bits per heavy atom. The molecule has 0 aromatic heterocycles. The van der Waals surface area contributed by atoms with Crippen molar-refractivity contribution in [2.45, 2.75) is 50.3 Å². The lowest BCUT2D eigenvalue weighted by atomic mass is 9.73. The Hall–Kier alpha value is -1.67. The minimum absolute atomic E-state index is 0.520. The van der Waals surface area contributed by atoms with Gasteiger partial charge in [0, 0.05) is 18.4 Å². The molecule has 22 heavy (non-hydrogen) atoms. The largest absolute Gasteiger partial charge is 0.493 e. The highest BCUT2D eigenvalue weighted by Gasteiger charge is 2.55. The highest BCUT2D eigenvalue weighted by atomic mass is 19.4. The molecule has 1 atom stereocenters. The van der Waals surface area contributed by atoms with Crippen molar-refractivity contribution in [2.24, 2.45) is 0 Å². The molecular formula is C17H19F3O2. The number of hydrogen-bond acceptors (Lipinski definition) is 2. The fourth-order valence-corrected chi connectivity index (χ4v) is 3.01. The molecule has 0 saturated carbocycles. The van der Waals surface area contributed by atoms with Gasteiger partial charge in [-0.05, 0) is 17.4 Å². The monoisotopic (exact) mass is 312 g/mol. The van der Waals surface area contributed by atoms with E-state index in [9.17, 15) is 18.3 Å². The molecule has 1 aromatic rings. The summed E-state index contributed by atoms with van der Waals surface area (Å²) >= 11 is 0. The summed E-state index contributed by atoms with van der Waals surface area (Å²) < 4.78 is 45.3. The number of hydrogen-bond donors (Lipinski definition) is 1. The number of aliphatic hydroxyl groups is 1. The third-order valence-electron chi connectivity index (χ3n) is 4.10. The third-order valence-corrected chi connectivity index (χ3v) is 4.10. The highest BCUT2D eigenvalue weighted by molar-refractivity contribution is 5.47. The quantitative estimate of drug-likeness (QED) is 0.861. The van der Waals surface area contributed by atoms with Gasteiger partial charge in [0.15, 0.2) is 5.60 Å². The van der Waals surface area contributed by atoms with Gasteiger partial charge in [0.05, 0.1) is 6.61 Å². The van der Waals surface area contributed by atoms with E-state index in [0.29, 0.717) is 17.9 Å². The molecule has 5 heteroatoms. The first-order chi connectivity index (χ1) is 10.1. The number of halogens is 3. The van der Waals surface area contributed by atoms with E-state index in [1.807, 2.05) is 12.0 Å². The zero-order valence-corrected chi connectivity index (χ0v) is 12.6. The van der Waals surface area contributed by atoms with Crippen LogP contribution in [0.3, 0.4) is 0 Å². The van der Waals surface area contributed by atoms with Gasteiger partial charge in [-0.25, -0.2) is 0 Å². The molecule has 0 amide bonds. The van der Waals surface area contributed by atoms with Crippen molar-refractivity contribution in [1.82, 2.24) is 0 Å². The summed E-state index contributed by atoms with van der Waals surface area (Å²) in [6.45, 7) is 3.85. The van der Waals surface area contributed by atoms with Crippen LogP contribution in [0.4, 0.5) is 13.2 Å². The van der Waals surface area contributed by atoms with E-state index in [1.165, 1.54) is 0 Å². The van der Waals surface area contributed by atoms with Crippen molar-refractivity contribution in [2.75, 3.05) is 6.61 Å². The molecule has 2 nitrogen and oxygen atoms in total. The van der Waals surface area contributed by atoms with E-state index in [1.54, 1.807) is 26.0 Å². The van der Waals surface area contributed by atoms with Gasteiger partial charge in [0.1, 0.15) is 5.75 Å². The molecule has 1 unspecified atom stereocenters. The Balaban J connectivity index is 2.39. The van der Waals surface area contributed by atoms with Crippen LogP contribution in [0.1, 0.15) is 37.8 Å². The van der Waals surface area contributed by atoms with Crippen molar-refractivity contribution in [3.8, 4) is 18.1 Å². The summed E-state index contributed by atoms with van der Waals surface area (Å²) in [6, 6.07) is 5.45. The second-order valence-corrected chi connectivity index (χ2v) is 6.36. The maximum atomic E-state index is 13.2. The zero-order chi connectivity index (χ0) is 16.6. The van der Waals surface area contributed by atoms with E-state index in [0.717, 1.165) is 12.0 Å². The molecule has 0 saturated heterocycles. The average Bonchev–Trinajstić information content (AvgIpc) is 2.84. The lowest BCUT2D eigenvalue weighted by molar-refractivity contribution is -0.264. The molecule has 1 aliphatic heterocycles. The van der Waals surface area contributed by atoms with Crippen LogP contribution < -0.4 is 4.74 Å². The summed E-state index contributed by atoms with van der Waals surface area (Å²) in [7, 11) is 0. The smallest absolute Gasteiger partial charge is 0.418 e. The first-order valence-electron chi connectivity index (χ1n) is 7.08. The Morgan fingerprint density at radius 3 is 2.59 bits per heavy atom. The van der Waals surface area contributed by atoms with Gasteiger partial charge >= 0.3 is 6.18 Å². The van der Waals surface area contributed by atoms with Crippen LogP contribution in [0.5, 0.6) is 5.75 Å². The Kier molecular flexibility index (Phi) is 4.18. The Morgan fingerprint density at radius 2 is 2.00 bits per heavy atom. The molecule has 0 bridgehead atoms. The fourth-order valence-electron chi connectivity index (χ4n) is 3.01. The van der Waals surface area contributed by atoms with Crippen molar-refractivity contribution < 1.29 is 23.0 Å². The standard InChI is InChI=1S/C17H19F3O2/c1-4-9-16(21,17(18,19)20)11-15(2,3)13-7-5-6-12-8-10-22-14(12)13/h1,5-7,21H,8-11H2,2-3H3. The van der Waals surface area contributed by atoms with Gasteiger partial charge in [-0.2, -0.15) is 13.2 Å². The number of benzene rings is 1. The molecule has 1 aliphatic rings. The second kappa shape index (κ2) is 5.51. The number of fused-ring (bicyclic) bond motifs is 1. The SMILES string of the molecule is C#CCC(O)(CC(C)(C)c1cccc2c1OCC2)C(F)(F)F. The Labute approximate surface area is 128 Å². The summed E-state index contributed by atoms with van der Waals surface area (Å²) in [5.74, 6) is 2.58. The second-order valence-electron chi connectivity index (χ2n) is 6.36. The first kappa shape index (κ1) is 16.7. The number of para-hydroxylation sites is 1. The molecule has 2 rings (SSSR count). The lowest BCUT2D eigenvalue weighted by Crippen LogP contribution is -2.48. The van der Waals surface area contributed by atoms with E-state index in [-0.39, 0.29) is 0 Å². The molecule has 0 fully saturated rings. The number of terminal acetylenes is 1. The van der Waals surface area contributed by atoms with Crippen LogP contribution in [0.25, 0.3) is 0 Å². The predicted octanol–water partition coefficient (Wildman–Crippen LogP) is 3.61. The first-order valence-corrected chi connectivity index (χ1v) is 7.08. The summed E-state index contributed by atoms with van der Waals surface area (Å²) in [4.78, 5) is 0. The number of ether oxygens (including phenoxy) is 1. The van der Waals surface area contributed by atoms with Crippen LogP contribution in [0, 0.1) is 12.3 Å². The third kappa shape index (κ3) is 2.93. The summed E-state index contributed by atoms with van der Waals surface area (Å²) in [6.07, 6.45) is -0.303. The maximum absolute atomic E-state index is 13.2. The van der Waals surface area contributed by atoms with E-state index < -0.39 is 30.0 Å². The van der Waals surface area contributed by atoms with Gasteiger partial charge in [0.2, 0.25) is 0 Å². The van der Waals surface area contributed by atoms with Gasteiger partial charge in [-0.15, -0.1) is 12.3 Å². The van der Waals surface area contributed by atoms with Crippen molar-refractivity contribution in [3.63, 3.8) is 0 Å². The zero-order valence-electron chi connectivity index (χ0n) is 12.6. The lowest BCUT2D eigenvalue weighted by Gasteiger charge is -2.37. The van der Waals surface area contributed by atoms with E-state index in [4.69, 9.17) is 11.2 Å². The van der Waals surface area contributed by atoms with Crippen molar-refractivity contribution in [1.29, 1.82) is 0 Å². The Bertz CT molecular complexity index is 599. The fraction of sp³-hybridized carbons (Fsp3) is 0.529. The summed E-state index contributed by atoms with van der Waals surface area (Å²) in [5, 5.41) is 10.1. The van der Waals surface area contributed by atoms with Crippen molar-refractivity contribution >= 4 is 0 Å². The summed E-state index contributed by atoms with van der Waals surface area (Å²) in [5.41, 5.74) is -2.19. The minimum Gasteiger partial charge on any atom is -0.493 e. The van der Waals surface area contributed by atoms with Crippen molar-refractivity contribution in [3.05, 3.63) is 29.3 Å². The topological polar surface area (TPSA) is 29.5 Å². The molecule has 0 spiro atoms. The average molecular weight is 312 g/mol. The van der Waals surface area contributed by atoms with Gasteiger partial charge in [-0.1, -0.05) is 32.0 Å². The van der Waals surface area contributed by atoms with Crippen LogP contribution in [0.15, 0.2) is 18.2 Å². The molecule has 1 N–H and O–H groups in total. The maximum Gasteiger partial charge on any atom is 0.418 e. The van der Waals surface area contributed by atoms with E-state index >= 15 is 0 Å². The molecule has 0 radical (unpaired) electrons. The molecule has 0 aliphatic carbocycles. The van der Waals surface area contributed by atoms with Crippen LogP contribution in [-0.2, 0) is 11.8 Å². The van der Waals surface area contributed by atoms with Crippen LogP contribution in [0.2, 0.25) is 0 Å². The number of rotatable bonds is 4. The predicted molar refractivity (Wildman–Crippen MR) is 77.7 cm³/mol. The minimum atomic E-state index is -4.78. The van der Waals surface area contributed by atoms with Gasteiger partial charge in [0.25, 0.3) is 0 Å².